The maximum Gasteiger partial charge on any atom is 0.228 e. The zero-order valence-corrected chi connectivity index (χ0v) is 19.1. The molecule has 4 nitrogen and oxygen atoms in total. The van der Waals surface area contributed by atoms with Crippen molar-refractivity contribution in [1.29, 1.82) is 0 Å². The van der Waals surface area contributed by atoms with Crippen LogP contribution in [0.1, 0.15) is 24.0 Å². The number of ether oxygens (including phenoxy) is 1. The van der Waals surface area contributed by atoms with Crippen LogP contribution in [0.2, 0.25) is 0 Å². The molecule has 0 aromatic heterocycles. The molecule has 1 N–H and O–H groups in total. The smallest absolute Gasteiger partial charge is 0.228 e. The molecule has 4 aromatic rings. The van der Waals surface area contributed by atoms with Crippen LogP contribution < -0.4 is 15.0 Å². The van der Waals surface area contributed by atoms with Gasteiger partial charge in [-0.2, -0.15) is 0 Å². The Kier molecular flexibility index (Phi) is 6.66. The molecule has 1 aliphatic heterocycles. The number of rotatable bonds is 5. The average Bonchev–Trinajstić information content (AvgIpc) is 2.84. The highest BCUT2D eigenvalue weighted by atomic mass is 35.5. The number of nitrogens with one attached hydrogen (secondary N) is 1. The van der Waals surface area contributed by atoms with E-state index in [0.29, 0.717) is 11.5 Å². The van der Waals surface area contributed by atoms with E-state index in [1.807, 2.05) is 54.6 Å². The molecule has 1 amide bonds. The molecule has 4 aromatic carbocycles. The van der Waals surface area contributed by atoms with Gasteiger partial charge in [0, 0.05) is 25.1 Å². The van der Waals surface area contributed by atoms with E-state index in [1.54, 1.807) is 11.8 Å². The fourth-order valence-electron chi connectivity index (χ4n) is 4.22. The molecule has 0 radical (unpaired) electrons. The molecule has 33 heavy (non-hydrogen) atoms. The first-order chi connectivity index (χ1) is 15.7. The zero-order valence-electron chi connectivity index (χ0n) is 18.3. The van der Waals surface area contributed by atoms with E-state index < -0.39 is 0 Å². The molecule has 5 rings (SSSR count). The van der Waals surface area contributed by atoms with Gasteiger partial charge in [-0.3, -0.25) is 9.69 Å². The van der Waals surface area contributed by atoms with Gasteiger partial charge in [0.05, 0.1) is 11.4 Å². The number of halogens is 1. The van der Waals surface area contributed by atoms with Crippen molar-refractivity contribution in [2.75, 3.05) is 16.8 Å². The lowest BCUT2D eigenvalue weighted by atomic mass is 9.91. The van der Waals surface area contributed by atoms with Crippen LogP contribution in [0, 0.1) is 0 Å². The molecule has 0 spiro atoms. The summed E-state index contributed by atoms with van der Waals surface area (Å²) in [5, 5.41) is 3.58. The first-order valence-corrected chi connectivity index (χ1v) is 10.8. The van der Waals surface area contributed by atoms with Crippen LogP contribution in [0.3, 0.4) is 0 Å². The van der Waals surface area contributed by atoms with Gasteiger partial charge in [-0.15, -0.1) is 12.4 Å². The normalized spacial score (nSPS) is 11.6. The summed E-state index contributed by atoms with van der Waals surface area (Å²) in [6.45, 7) is 2.30. The fourth-order valence-corrected chi connectivity index (χ4v) is 4.22. The van der Waals surface area contributed by atoms with E-state index in [0.717, 1.165) is 23.6 Å². The molecule has 0 unspecified atom stereocenters. The SMILES string of the molecule is CC(=O)N1c2ccccc2Oc2ccc(NCC(c3ccccc3)c3ccccc3)cc21.Cl. The molecule has 0 bridgehead atoms. The number of anilines is 3. The maximum absolute atomic E-state index is 12.5. The predicted molar refractivity (Wildman–Crippen MR) is 136 cm³/mol. The minimum atomic E-state index is -0.0504. The van der Waals surface area contributed by atoms with E-state index >= 15 is 0 Å². The van der Waals surface area contributed by atoms with Crippen molar-refractivity contribution in [2.45, 2.75) is 12.8 Å². The quantitative estimate of drug-likeness (QED) is 0.347. The first-order valence-electron chi connectivity index (χ1n) is 10.8. The Hall–Kier alpha value is -3.76. The van der Waals surface area contributed by atoms with Gasteiger partial charge in [0.15, 0.2) is 11.5 Å². The van der Waals surface area contributed by atoms with Gasteiger partial charge in [-0.25, -0.2) is 0 Å². The van der Waals surface area contributed by atoms with Gasteiger partial charge in [-0.1, -0.05) is 72.8 Å². The topological polar surface area (TPSA) is 41.6 Å². The number of benzene rings is 4. The van der Waals surface area contributed by atoms with Crippen molar-refractivity contribution in [1.82, 2.24) is 0 Å². The highest BCUT2D eigenvalue weighted by molar-refractivity contribution is 6.03. The molecule has 0 saturated heterocycles. The van der Waals surface area contributed by atoms with Gasteiger partial charge in [0.25, 0.3) is 0 Å². The highest BCUT2D eigenvalue weighted by Gasteiger charge is 2.27. The second kappa shape index (κ2) is 9.80. The summed E-state index contributed by atoms with van der Waals surface area (Å²) in [5.74, 6) is 1.51. The van der Waals surface area contributed by atoms with Gasteiger partial charge >= 0.3 is 0 Å². The summed E-state index contributed by atoms with van der Waals surface area (Å²) in [6.07, 6.45) is 0. The molecule has 0 aliphatic carbocycles. The Bertz CT molecular complexity index is 1210. The molecule has 1 aliphatic rings. The molecular weight excluding hydrogens is 432 g/mol. The van der Waals surface area contributed by atoms with Gasteiger partial charge in [0.2, 0.25) is 5.91 Å². The van der Waals surface area contributed by atoms with E-state index in [1.165, 1.54) is 11.1 Å². The average molecular weight is 457 g/mol. The van der Waals surface area contributed by atoms with Crippen LogP contribution in [-0.4, -0.2) is 12.5 Å². The van der Waals surface area contributed by atoms with Crippen LogP contribution in [0.15, 0.2) is 103 Å². The summed E-state index contributed by atoms with van der Waals surface area (Å²) in [5.41, 5.74) is 4.96. The summed E-state index contributed by atoms with van der Waals surface area (Å²) in [6, 6.07) is 34.5. The summed E-state index contributed by atoms with van der Waals surface area (Å²) in [7, 11) is 0. The molecule has 166 valence electrons. The summed E-state index contributed by atoms with van der Waals surface area (Å²) >= 11 is 0. The van der Waals surface area contributed by atoms with Crippen LogP contribution in [-0.2, 0) is 4.79 Å². The Morgan fingerprint density at radius 1 is 0.788 bits per heavy atom. The predicted octanol–water partition coefficient (Wildman–Crippen LogP) is 7.14. The summed E-state index contributed by atoms with van der Waals surface area (Å²) < 4.78 is 6.06. The van der Waals surface area contributed by atoms with Crippen molar-refractivity contribution in [2.24, 2.45) is 0 Å². The Morgan fingerprint density at radius 3 is 2.00 bits per heavy atom. The third-order valence-corrected chi connectivity index (χ3v) is 5.76. The van der Waals surface area contributed by atoms with Crippen LogP contribution >= 0.6 is 12.4 Å². The lowest BCUT2D eigenvalue weighted by Crippen LogP contribution is -2.26. The number of carbonyl (C=O) groups is 1. The van der Waals surface area contributed by atoms with Crippen LogP contribution in [0.25, 0.3) is 0 Å². The van der Waals surface area contributed by atoms with Gasteiger partial charge in [-0.05, 0) is 41.5 Å². The largest absolute Gasteiger partial charge is 0.453 e. The van der Waals surface area contributed by atoms with Gasteiger partial charge < -0.3 is 10.1 Å². The standard InChI is InChI=1S/C28H24N2O2.ClH/c1-20(31)30-25-14-8-9-15-27(25)32-28-17-16-23(18-26(28)30)29-19-24(21-10-4-2-5-11-21)22-12-6-3-7-13-22;/h2-18,24,29H,19H2,1H3;1H. The second-order valence-electron chi connectivity index (χ2n) is 7.86. The number of amides is 1. The lowest BCUT2D eigenvalue weighted by Gasteiger charge is -2.31. The molecule has 0 fully saturated rings. The van der Waals surface area contributed by atoms with Gasteiger partial charge in [0.1, 0.15) is 0 Å². The fraction of sp³-hybridized carbons (Fsp3) is 0.107. The number of hydrogen-bond acceptors (Lipinski definition) is 3. The van der Waals surface area contributed by atoms with E-state index in [4.69, 9.17) is 4.74 Å². The van der Waals surface area contributed by atoms with Crippen LogP contribution in [0.5, 0.6) is 11.5 Å². The second-order valence-corrected chi connectivity index (χ2v) is 7.86. The number of nitrogens with zero attached hydrogens (tertiary/aromatic N) is 1. The molecule has 1 heterocycles. The zero-order chi connectivity index (χ0) is 21.9. The lowest BCUT2D eigenvalue weighted by molar-refractivity contribution is -0.115. The molecule has 0 atom stereocenters. The van der Waals surface area contributed by atoms with E-state index in [2.05, 4.69) is 53.8 Å². The summed E-state index contributed by atoms with van der Waals surface area (Å²) in [4.78, 5) is 14.2. The molecule has 5 heteroatoms. The number of hydrogen-bond donors (Lipinski definition) is 1. The van der Waals surface area contributed by atoms with E-state index in [-0.39, 0.29) is 24.2 Å². The third-order valence-electron chi connectivity index (χ3n) is 5.76. The minimum absolute atomic E-state index is 0. The Morgan fingerprint density at radius 2 is 1.36 bits per heavy atom. The minimum Gasteiger partial charge on any atom is -0.453 e. The Labute approximate surface area is 200 Å². The monoisotopic (exact) mass is 456 g/mol. The van der Waals surface area contributed by atoms with E-state index in [9.17, 15) is 4.79 Å². The maximum atomic E-state index is 12.5. The molecular formula is C28H25ClN2O2. The van der Waals surface area contributed by atoms with Crippen molar-refractivity contribution in [3.05, 3.63) is 114 Å². The van der Waals surface area contributed by atoms with Crippen LogP contribution in [0.4, 0.5) is 17.1 Å². The van der Waals surface area contributed by atoms with Crippen molar-refractivity contribution < 1.29 is 9.53 Å². The number of fused-ring (bicyclic) bond motifs is 2. The number of carbonyl (C=O) groups excluding carboxylic acids is 1. The van der Waals surface area contributed by atoms with Crippen molar-refractivity contribution in [3.8, 4) is 11.5 Å². The highest BCUT2D eigenvalue weighted by Crippen LogP contribution is 2.47. The Balaban J connectivity index is 0.00000259. The first kappa shape index (κ1) is 22.4. The van der Waals surface area contributed by atoms with Crippen molar-refractivity contribution >= 4 is 35.4 Å². The molecule has 0 saturated carbocycles. The van der Waals surface area contributed by atoms with Crippen molar-refractivity contribution in [3.63, 3.8) is 0 Å². The number of para-hydroxylation sites is 2. The third kappa shape index (κ3) is 4.57.